The zero-order valence-corrected chi connectivity index (χ0v) is 12.7. The Morgan fingerprint density at radius 1 is 1.24 bits per heavy atom. The minimum atomic E-state index is -0.459. The van der Waals surface area contributed by atoms with E-state index in [0.29, 0.717) is 28.0 Å². The lowest BCUT2D eigenvalue weighted by atomic mass is 10.1. The van der Waals surface area contributed by atoms with E-state index in [-0.39, 0.29) is 11.5 Å². The number of nitro groups is 1. The molecular formula is C17H10N4O4. The molecule has 4 aromatic rings. The summed E-state index contributed by atoms with van der Waals surface area (Å²) in [6.07, 6.45) is 5.74. The lowest BCUT2D eigenvalue weighted by Crippen LogP contribution is -2.01. The number of furan rings is 1. The molecule has 1 aromatic carbocycles. The number of carbonyl (C=O) groups is 1. The van der Waals surface area contributed by atoms with Gasteiger partial charge in [0.25, 0.3) is 5.69 Å². The Morgan fingerprint density at radius 2 is 2.12 bits per heavy atom. The average Bonchev–Trinajstić information content (AvgIpc) is 3.31. The van der Waals surface area contributed by atoms with Crippen molar-refractivity contribution < 1.29 is 14.1 Å². The summed E-state index contributed by atoms with van der Waals surface area (Å²) in [6.45, 7) is 0. The van der Waals surface area contributed by atoms with Gasteiger partial charge in [0.15, 0.2) is 5.65 Å². The maximum atomic E-state index is 12.5. The monoisotopic (exact) mass is 334 g/mol. The lowest BCUT2D eigenvalue weighted by molar-refractivity contribution is -0.384. The number of rotatable bonds is 4. The van der Waals surface area contributed by atoms with Gasteiger partial charge in [-0.15, -0.1) is 0 Å². The average molecular weight is 334 g/mol. The summed E-state index contributed by atoms with van der Waals surface area (Å²) in [4.78, 5) is 27.3. The van der Waals surface area contributed by atoms with E-state index in [4.69, 9.17) is 4.42 Å². The van der Waals surface area contributed by atoms with Crippen LogP contribution in [0.3, 0.4) is 0 Å². The van der Waals surface area contributed by atoms with E-state index in [0.717, 1.165) is 0 Å². The summed E-state index contributed by atoms with van der Waals surface area (Å²) in [5.41, 5.74) is 2.28. The maximum absolute atomic E-state index is 12.5. The first-order chi connectivity index (χ1) is 12.1. The largest absolute Gasteiger partial charge is 0.472 e. The van der Waals surface area contributed by atoms with E-state index < -0.39 is 4.92 Å². The number of ketones is 1. The van der Waals surface area contributed by atoms with Crippen molar-refractivity contribution in [1.29, 1.82) is 0 Å². The Labute approximate surface area is 140 Å². The molecule has 3 heterocycles. The normalized spacial score (nSPS) is 10.9. The van der Waals surface area contributed by atoms with Crippen LogP contribution in [0.15, 0.2) is 65.7 Å². The number of nitrogens with zero attached hydrogens (tertiary/aromatic N) is 4. The number of non-ortho nitro benzene ring substituents is 1. The number of hydrogen-bond acceptors (Lipinski definition) is 6. The van der Waals surface area contributed by atoms with Crippen molar-refractivity contribution in [2.24, 2.45) is 0 Å². The molecule has 0 bridgehead atoms. The van der Waals surface area contributed by atoms with Crippen LogP contribution in [-0.2, 0) is 0 Å². The van der Waals surface area contributed by atoms with Gasteiger partial charge in [-0.1, -0.05) is 12.1 Å². The van der Waals surface area contributed by atoms with Crippen LogP contribution in [-0.4, -0.2) is 25.3 Å². The topological polar surface area (TPSA) is 104 Å². The first-order valence-electron chi connectivity index (χ1n) is 7.29. The molecule has 0 saturated heterocycles. The third kappa shape index (κ3) is 2.45. The van der Waals surface area contributed by atoms with Gasteiger partial charge in [0.2, 0.25) is 5.78 Å². The molecule has 0 unspecified atom stereocenters. The molecule has 122 valence electrons. The van der Waals surface area contributed by atoms with E-state index >= 15 is 0 Å². The van der Waals surface area contributed by atoms with E-state index in [2.05, 4.69) is 10.1 Å². The van der Waals surface area contributed by atoms with Crippen LogP contribution in [0.1, 0.15) is 15.9 Å². The van der Waals surface area contributed by atoms with Gasteiger partial charge in [-0.3, -0.25) is 14.9 Å². The molecule has 0 atom stereocenters. The van der Waals surface area contributed by atoms with Gasteiger partial charge in [0.05, 0.1) is 34.2 Å². The van der Waals surface area contributed by atoms with Crippen molar-refractivity contribution in [2.45, 2.75) is 0 Å². The van der Waals surface area contributed by atoms with Crippen LogP contribution < -0.4 is 0 Å². The molecule has 0 fully saturated rings. The van der Waals surface area contributed by atoms with E-state index in [1.165, 1.54) is 41.6 Å². The number of fused-ring (bicyclic) bond motifs is 1. The Hall–Kier alpha value is -3.81. The zero-order valence-electron chi connectivity index (χ0n) is 12.7. The van der Waals surface area contributed by atoms with E-state index in [1.54, 1.807) is 24.3 Å². The summed E-state index contributed by atoms with van der Waals surface area (Å²) < 4.78 is 6.43. The van der Waals surface area contributed by atoms with Crippen LogP contribution >= 0.6 is 0 Å². The van der Waals surface area contributed by atoms with Gasteiger partial charge < -0.3 is 4.42 Å². The van der Waals surface area contributed by atoms with Crippen LogP contribution in [0.5, 0.6) is 0 Å². The van der Waals surface area contributed by atoms with Crippen molar-refractivity contribution in [3.8, 4) is 11.3 Å². The number of benzene rings is 1. The molecule has 0 aliphatic heterocycles. The molecular weight excluding hydrogens is 324 g/mol. The molecule has 0 saturated carbocycles. The minimum absolute atomic E-state index is 0.0238. The van der Waals surface area contributed by atoms with Crippen molar-refractivity contribution in [2.75, 3.05) is 0 Å². The second-order valence-electron chi connectivity index (χ2n) is 5.27. The highest BCUT2D eigenvalue weighted by Crippen LogP contribution is 2.25. The van der Waals surface area contributed by atoms with Crippen LogP contribution in [0.4, 0.5) is 5.69 Å². The quantitative estimate of drug-likeness (QED) is 0.323. The number of aromatic nitrogens is 3. The van der Waals surface area contributed by atoms with Crippen molar-refractivity contribution in [1.82, 2.24) is 14.6 Å². The SMILES string of the molecule is O=C(c1ccoc1)c1cnn2c(-c3cccc([N+](=O)[O-])c3)ccnc12. The van der Waals surface area contributed by atoms with Crippen molar-refractivity contribution in [3.63, 3.8) is 0 Å². The van der Waals surface area contributed by atoms with Gasteiger partial charge in [-0.2, -0.15) is 5.10 Å². The Morgan fingerprint density at radius 3 is 2.88 bits per heavy atom. The molecule has 8 nitrogen and oxygen atoms in total. The molecule has 0 aliphatic carbocycles. The van der Waals surface area contributed by atoms with Crippen LogP contribution in [0.25, 0.3) is 16.9 Å². The third-order valence-corrected chi connectivity index (χ3v) is 3.78. The summed E-state index contributed by atoms with van der Waals surface area (Å²) in [6, 6.07) is 9.45. The number of hydrogen-bond donors (Lipinski definition) is 0. The fraction of sp³-hybridized carbons (Fsp3) is 0. The first-order valence-corrected chi connectivity index (χ1v) is 7.29. The van der Waals surface area contributed by atoms with Gasteiger partial charge >= 0.3 is 0 Å². The van der Waals surface area contributed by atoms with Crippen molar-refractivity contribution in [3.05, 3.63) is 82.6 Å². The number of nitro benzene ring substituents is 1. The second-order valence-corrected chi connectivity index (χ2v) is 5.27. The fourth-order valence-corrected chi connectivity index (χ4v) is 2.60. The summed E-state index contributed by atoms with van der Waals surface area (Å²) in [7, 11) is 0. The standard InChI is InChI=1S/C17H10N4O4/c22-16(12-5-7-25-10-12)14-9-19-20-15(4-6-18-17(14)20)11-2-1-3-13(8-11)21(23)24/h1-10H. The highest BCUT2D eigenvalue weighted by molar-refractivity contribution is 6.12. The Kier molecular flexibility index (Phi) is 3.35. The van der Waals surface area contributed by atoms with Gasteiger partial charge in [-0.25, -0.2) is 9.50 Å². The highest BCUT2D eigenvalue weighted by atomic mass is 16.6. The predicted molar refractivity (Wildman–Crippen MR) is 87.2 cm³/mol. The Bertz CT molecular complexity index is 1100. The third-order valence-electron chi connectivity index (χ3n) is 3.78. The predicted octanol–water partition coefficient (Wildman–Crippen LogP) is 3.13. The lowest BCUT2D eigenvalue weighted by Gasteiger charge is -2.05. The molecule has 0 amide bonds. The summed E-state index contributed by atoms with van der Waals surface area (Å²) in [5, 5.41) is 15.2. The minimum Gasteiger partial charge on any atom is -0.472 e. The molecule has 4 rings (SSSR count). The Balaban J connectivity index is 1.86. The van der Waals surface area contributed by atoms with Crippen LogP contribution in [0, 0.1) is 10.1 Å². The molecule has 25 heavy (non-hydrogen) atoms. The molecule has 0 N–H and O–H groups in total. The zero-order chi connectivity index (χ0) is 17.4. The smallest absolute Gasteiger partial charge is 0.270 e. The number of carbonyl (C=O) groups excluding carboxylic acids is 1. The molecule has 0 spiro atoms. The van der Waals surface area contributed by atoms with E-state index in [1.807, 2.05) is 0 Å². The fourth-order valence-electron chi connectivity index (χ4n) is 2.60. The first kappa shape index (κ1) is 14.8. The van der Waals surface area contributed by atoms with E-state index in [9.17, 15) is 14.9 Å². The molecule has 8 heteroatoms. The second kappa shape index (κ2) is 5.68. The summed E-state index contributed by atoms with van der Waals surface area (Å²) in [5.74, 6) is -0.257. The van der Waals surface area contributed by atoms with Gasteiger partial charge in [0.1, 0.15) is 6.26 Å². The van der Waals surface area contributed by atoms with Gasteiger partial charge in [-0.05, 0) is 12.1 Å². The van der Waals surface area contributed by atoms with Crippen molar-refractivity contribution >= 4 is 17.1 Å². The molecule has 0 radical (unpaired) electrons. The maximum Gasteiger partial charge on any atom is 0.270 e. The summed E-state index contributed by atoms with van der Waals surface area (Å²) >= 11 is 0. The molecule has 0 aliphatic rings. The highest BCUT2D eigenvalue weighted by Gasteiger charge is 2.19. The van der Waals surface area contributed by atoms with Crippen LogP contribution in [0.2, 0.25) is 0 Å². The molecule has 3 aromatic heterocycles. The van der Waals surface area contributed by atoms with Gasteiger partial charge in [0, 0.05) is 23.9 Å².